The van der Waals surface area contributed by atoms with Gasteiger partial charge in [-0.15, -0.1) is 0 Å². The fraction of sp³-hybridized carbons (Fsp3) is 0.0714. The molecule has 0 aliphatic carbocycles. The summed E-state index contributed by atoms with van der Waals surface area (Å²) in [6.45, 7) is 1.66. The molecule has 2 amide bonds. The van der Waals surface area contributed by atoms with Crippen LogP contribution in [0.4, 0.5) is 24.7 Å². The maximum Gasteiger partial charge on any atom is 0.315 e. The standard InChI is InChI=1S/C14H10F3N3O2/c1-7-3-2-6-18-12(7)20-14(22)13(21)19-9-5-4-8(15)10(16)11(9)17/h2-6H,1H3,(H,19,21)(H,18,20,22). The summed E-state index contributed by atoms with van der Waals surface area (Å²) >= 11 is 0. The van der Waals surface area contributed by atoms with E-state index in [2.05, 4.69) is 10.3 Å². The average molecular weight is 309 g/mol. The topological polar surface area (TPSA) is 71.1 Å². The molecule has 2 N–H and O–H groups in total. The zero-order valence-corrected chi connectivity index (χ0v) is 11.3. The van der Waals surface area contributed by atoms with Gasteiger partial charge in [-0.25, -0.2) is 18.2 Å². The Kier molecular flexibility index (Phi) is 4.40. The number of pyridine rings is 1. The van der Waals surface area contributed by atoms with E-state index in [9.17, 15) is 22.8 Å². The Balaban J connectivity index is 2.11. The summed E-state index contributed by atoms with van der Waals surface area (Å²) in [5.41, 5.74) is -0.0283. The summed E-state index contributed by atoms with van der Waals surface area (Å²) in [7, 11) is 0. The Hall–Kier alpha value is -2.90. The Morgan fingerprint density at radius 2 is 1.68 bits per heavy atom. The van der Waals surface area contributed by atoms with Crippen molar-refractivity contribution in [1.29, 1.82) is 0 Å². The van der Waals surface area contributed by atoms with Crippen LogP contribution in [0.1, 0.15) is 5.56 Å². The van der Waals surface area contributed by atoms with Crippen LogP contribution >= 0.6 is 0 Å². The van der Waals surface area contributed by atoms with Gasteiger partial charge in [0, 0.05) is 6.20 Å². The number of nitrogens with zero attached hydrogens (tertiary/aromatic N) is 1. The summed E-state index contributed by atoms with van der Waals surface area (Å²) in [6, 6.07) is 4.75. The van der Waals surface area contributed by atoms with E-state index in [0.29, 0.717) is 11.6 Å². The van der Waals surface area contributed by atoms with Crippen molar-refractivity contribution in [2.75, 3.05) is 10.6 Å². The van der Waals surface area contributed by atoms with Crippen molar-refractivity contribution in [1.82, 2.24) is 4.98 Å². The van der Waals surface area contributed by atoms with Crippen LogP contribution < -0.4 is 10.6 Å². The van der Waals surface area contributed by atoms with E-state index in [1.54, 1.807) is 19.1 Å². The zero-order valence-electron chi connectivity index (χ0n) is 11.3. The molecule has 5 nitrogen and oxygen atoms in total. The maximum atomic E-state index is 13.4. The van der Waals surface area contributed by atoms with Crippen LogP contribution in [0.25, 0.3) is 0 Å². The lowest BCUT2D eigenvalue weighted by Gasteiger charge is -2.08. The molecule has 0 aliphatic heterocycles. The van der Waals surface area contributed by atoms with Gasteiger partial charge < -0.3 is 10.6 Å². The lowest BCUT2D eigenvalue weighted by atomic mass is 10.2. The molecule has 0 radical (unpaired) electrons. The highest BCUT2D eigenvalue weighted by Crippen LogP contribution is 2.19. The van der Waals surface area contributed by atoms with Crippen LogP contribution in [-0.2, 0) is 9.59 Å². The van der Waals surface area contributed by atoms with Crippen LogP contribution in [0, 0.1) is 24.4 Å². The van der Waals surface area contributed by atoms with Crippen LogP contribution in [0.2, 0.25) is 0 Å². The molecule has 0 saturated carbocycles. The first-order valence-corrected chi connectivity index (χ1v) is 6.07. The highest BCUT2D eigenvalue weighted by molar-refractivity contribution is 6.43. The fourth-order valence-corrected chi connectivity index (χ4v) is 1.58. The molecular weight excluding hydrogens is 299 g/mol. The zero-order chi connectivity index (χ0) is 16.3. The lowest BCUT2D eigenvalue weighted by Crippen LogP contribution is -2.30. The van der Waals surface area contributed by atoms with Crippen molar-refractivity contribution in [2.24, 2.45) is 0 Å². The monoisotopic (exact) mass is 309 g/mol. The number of carbonyl (C=O) groups is 2. The van der Waals surface area contributed by atoms with Crippen molar-refractivity contribution in [2.45, 2.75) is 6.92 Å². The van der Waals surface area contributed by atoms with Crippen LogP contribution in [0.3, 0.4) is 0 Å². The van der Waals surface area contributed by atoms with Gasteiger partial charge in [0.15, 0.2) is 17.5 Å². The van der Waals surface area contributed by atoms with Crippen molar-refractivity contribution in [3.8, 4) is 0 Å². The molecule has 114 valence electrons. The SMILES string of the molecule is Cc1cccnc1NC(=O)C(=O)Nc1ccc(F)c(F)c1F. The largest absolute Gasteiger partial charge is 0.315 e. The summed E-state index contributed by atoms with van der Waals surface area (Å²) in [4.78, 5) is 27.2. The third kappa shape index (κ3) is 3.22. The van der Waals surface area contributed by atoms with E-state index in [1.807, 2.05) is 5.32 Å². The third-order valence-electron chi connectivity index (χ3n) is 2.73. The minimum atomic E-state index is -1.74. The molecule has 2 rings (SSSR count). The van der Waals surface area contributed by atoms with Crippen LogP contribution in [-0.4, -0.2) is 16.8 Å². The molecule has 0 spiro atoms. The van der Waals surface area contributed by atoms with Gasteiger partial charge in [-0.1, -0.05) is 6.07 Å². The number of aromatic nitrogens is 1. The number of halogens is 3. The van der Waals surface area contributed by atoms with E-state index in [-0.39, 0.29) is 5.82 Å². The minimum Gasteiger partial charge on any atom is -0.315 e. The molecule has 0 saturated heterocycles. The maximum absolute atomic E-state index is 13.4. The number of hydrogen-bond donors (Lipinski definition) is 2. The first-order valence-electron chi connectivity index (χ1n) is 6.07. The second-order valence-electron chi connectivity index (χ2n) is 4.30. The van der Waals surface area contributed by atoms with Crippen LogP contribution in [0.15, 0.2) is 30.5 Å². The number of aryl methyl sites for hydroxylation is 1. The fourth-order valence-electron chi connectivity index (χ4n) is 1.58. The van der Waals surface area contributed by atoms with Crippen molar-refractivity contribution in [3.63, 3.8) is 0 Å². The van der Waals surface area contributed by atoms with Gasteiger partial charge >= 0.3 is 11.8 Å². The molecule has 1 heterocycles. The van der Waals surface area contributed by atoms with E-state index in [0.717, 1.165) is 6.07 Å². The summed E-state index contributed by atoms with van der Waals surface area (Å²) < 4.78 is 39.2. The molecule has 1 aromatic heterocycles. The molecule has 0 bridgehead atoms. The Morgan fingerprint density at radius 1 is 1.00 bits per heavy atom. The average Bonchev–Trinajstić information content (AvgIpc) is 2.50. The number of anilines is 2. The van der Waals surface area contributed by atoms with Gasteiger partial charge in [0.2, 0.25) is 0 Å². The number of rotatable bonds is 2. The van der Waals surface area contributed by atoms with Crippen molar-refractivity contribution in [3.05, 3.63) is 53.5 Å². The lowest BCUT2D eigenvalue weighted by molar-refractivity contribution is -0.133. The van der Waals surface area contributed by atoms with Gasteiger partial charge in [0.05, 0.1) is 5.69 Å². The number of nitrogens with one attached hydrogen (secondary N) is 2. The highest BCUT2D eigenvalue weighted by Gasteiger charge is 2.20. The van der Waals surface area contributed by atoms with Crippen LogP contribution in [0.5, 0.6) is 0 Å². The third-order valence-corrected chi connectivity index (χ3v) is 2.73. The molecule has 0 fully saturated rings. The number of carbonyl (C=O) groups excluding carboxylic acids is 2. The molecule has 0 unspecified atom stereocenters. The molecule has 1 aromatic carbocycles. The Labute approximate surface area is 123 Å². The van der Waals surface area contributed by atoms with E-state index >= 15 is 0 Å². The summed E-state index contributed by atoms with van der Waals surface area (Å²) in [6.07, 6.45) is 1.41. The Bertz CT molecular complexity index is 750. The molecule has 0 aliphatic rings. The minimum absolute atomic E-state index is 0.161. The molecule has 8 heteroatoms. The Morgan fingerprint density at radius 3 is 2.36 bits per heavy atom. The molecule has 22 heavy (non-hydrogen) atoms. The second kappa shape index (κ2) is 6.25. The van der Waals surface area contributed by atoms with Gasteiger partial charge in [-0.3, -0.25) is 9.59 Å². The molecule has 2 aromatic rings. The van der Waals surface area contributed by atoms with Crippen molar-refractivity contribution < 1.29 is 22.8 Å². The molecule has 0 atom stereocenters. The smallest absolute Gasteiger partial charge is 0.315 e. The van der Waals surface area contributed by atoms with E-state index in [4.69, 9.17) is 0 Å². The van der Waals surface area contributed by atoms with Gasteiger partial charge in [-0.2, -0.15) is 0 Å². The van der Waals surface area contributed by atoms with E-state index in [1.165, 1.54) is 6.20 Å². The normalized spacial score (nSPS) is 10.2. The number of hydrogen-bond acceptors (Lipinski definition) is 3. The summed E-state index contributed by atoms with van der Waals surface area (Å²) in [5, 5.41) is 4.08. The quantitative estimate of drug-likeness (QED) is 0.661. The van der Waals surface area contributed by atoms with E-state index < -0.39 is 35.0 Å². The van der Waals surface area contributed by atoms with Gasteiger partial charge in [0.1, 0.15) is 5.82 Å². The molecular formula is C14H10F3N3O2. The number of amides is 2. The van der Waals surface area contributed by atoms with Crippen molar-refractivity contribution >= 4 is 23.3 Å². The first-order chi connectivity index (χ1) is 10.4. The predicted octanol–water partition coefficient (Wildman–Crippen LogP) is 2.38. The van der Waals surface area contributed by atoms with Gasteiger partial charge in [-0.05, 0) is 30.7 Å². The highest BCUT2D eigenvalue weighted by atomic mass is 19.2. The number of benzene rings is 1. The first kappa shape index (κ1) is 15.5. The summed E-state index contributed by atoms with van der Waals surface area (Å²) in [5.74, 6) is -6.92. The predicted molar refractivity (Wildman–Crippen MR) is 72.5 cm³/mol. The van der Waals surface area contributed by atoms with Gasteiger partial charge in [0.25, 0.3) is 0 Å². The second-order valence-corrected chi connectivity index (χ2v) is 4.30.